The molecule has 6 heteroatoms. The minimum Gasteiger partial charge on any atom is -0.389 e. The number of aliphatic hydroxyl groups excluding tert-OH is 1. The lowest BCUT2D eigenvalue weighted by molar-refractivity contribution is -0.150. The van der Waals surface area contributed by atoms with Crippen LogP contribution in [0.15, 0.2) is 24.3 Å². The molecule has 3 unspecified atom stereocenters. The van der Waals surface area contributed by atoms with E-state index in [1.807, 2.05) is 0 Å². The highest BCUT2D eigenvalue weighted by Gasteiger charge is 2.59. The zero-order valence-electron chi connectivity index (χ0n) is 17.2. The molecule has 2 aliphatic carbocycles. The first kappa shape index (κ1) is 20.3. The first-order valence-corrected chi connectivity index (χ1v) is 10.7. The van der Waals surface area contributed by atoms with Gasteiger partial charge in [-0.25, -0.2) is 4.39 Å². The van der Waals surface area contributed by atoms with Crippen molar-refractivity contribution in [3.63, 3.8) is 0 Å². The van der Waals surface area contributed by atoms with Gasteiger partial charge in [0, 0.05) is 30.3 Å². The summed E-state index contributed by atoms with van der Waals surface area (Å²) in [6.45, 7) is 5.02. The Morgan fingerprint density at radius 1 is 1.17 bits per heavy atom. The summed E-state index contributed by atoms with van der Waals surface area (Å²) >= 11 is 0. The fraction of sp³-hybridized carbons (Fsp3) is 0.652. The van der Waals surface area contributed by atoms with Crippen molar-refractivity contribution in [1.29, 1.82) is 0 Å². The highest BCUT2D eigenvalue weighted by Crippen LogP contribution is 2.62. The molecule has 0 aromatic heterocycles. The molecular formula is C23H31FN2O3. The van der Waals surface area contributed by atoms with E-state index in [0.717, 1.165) is 18.4 Å². The molecule has 3 fully saturated rings. The van der Waals surface area contributed by atoms with E-state index >= 15 is 0 Å². The Bertz CT molecular complexity index is 803. The number of aliphatic hydroxyl groups is 1. The van der Waals surface area contributed by atoms with E-state index in [9.17, 15) is 19.1 Å². The van der Waals surface area contributed by atoms with Crippen LogP contribution in [0, 0.1) is 29.0 Å². The smallest absolute Gasteiger partial charge is 0.223 e. The van der Waals surface area contributed by atoms with Crippen LogP contribution in [-0.4, -0.2) is 41.0 Å². The lowest BCUT2D eigenvalue weighted by Gasteiger charge is -2.59. The fourth-order valence-electron chi connectivity index (χ4n) is 6.63. The summed E-state index contributed by atoms with van der Waals surface area (Å²) in [5.74, 6) is 0.0228. The number of β-amino-alcohol motifs (C(OH)–C–C–N with tert-alkyl or cyclic N) is 1. The van der Waals surface area contributed by atoms with Gasteiger partial charge in [0.05, 0.1) is 6.10 Å². The molecule has 1 heterocycles. The fourth-order valence-corrected chi connectivity index (χ4v) is 6.63. The first-order valence-electron chi connectivity index (χ1n) is 10.7. The highest BCUT2D eigenvalue weighted by molar-refractivity contribution is 5.82. The first-order chi connectivity index (χ1) is 13.7. The number of amides is 2. The normalized spacial score (nSPS) is 37.1. The Kier molecular flexibility index (Phi) is 4.96. The molecule has 1 aromatic rings. The van der Waals surface area contributed by atoms with E-state index in [1.165, 1.54) is 12.1 Å². The number of nitrogens with zero attached hydrogens (tertiary/aromatic N) is 1. The molecule has 29 heavy (non-hydrogen) atoms. The minimum absolute atomic E-state index is 0.0243. The van der Waals surface area contributed by atoms with E-state index < -0.39 is 16.9 Å². The molecule has 0 spiro atoms. The Balaban J connectivity index is 1.76. The average Bonchev–Trinajstić information content (AvgIpc) is 2.62. The van der Waals surface area contributed by atoms with Gasteiger partial charge in [-0.2, -0.15) is 0 Å². The van der Waals surface area contributed by atoms with Gasteiger partial charge in [-0.15, -0.1) is 0 Å². The number of halogens is 1. The molecule has 2 amide bonds. The van der Waals surface area contributed by atoms with Gasteiger partial charge in [-0.05, 0) is 61.1 Å². The predicted octanol–water partition coefficient (Wildman–Crippen LogP) is 2.60. The predicted molar refractivity (Wildman–Crippen MR) is 107 cm³/mol. The molecule has 5 nitrogen and oxygen atoms in total. The second kappa shape index (κ2) is 7.08. The molecule has 1 saturated heterocycles. The number of hydrogen-bond donors (Lipinski definition) is 2. The third kappa shape index (κ3) is 3.25. The van der Waals surface area contributed by atoms with E-state index in [2.05, 4.69) is 13.8 Å². The van der Waals surface area contributed by atoms with Gasteiger partial charge in [-0.3, -0.25) is 9.59 Å². The lowest BCUT2D eigenvalue weighted by atomic mass is 9.45. The van der Waals surface area contributed by atoms with Crippen LogP contribution >= 0.6 is 0 Å². The van der Waals surface area contributed by atoms with Crippen LogP contribution in [0.25, 0.3) is 0 Å². The third-order valence-corrected chi connectivity index (χ3v) is 7.93. The van der Waals surface area contributed by atoms with Crippen molar-refractivity contribution in [3.05, 3.63) is 35.6 Å². The van der Waals surface area contributed by atoms with Crippen molar-refractivity contribution >= 4 is 11.8 Å². The molecule has 1 aromatic carbocycles. The number of nitrogens with two attached hydrogens (primary N) is 1. The van der Waals surface area contributed by atoms with Crippen molar-refractivity contribution in [2.24, 2.45) is 28.9 Å². The number of primary amides is 1. The molecule has 3 N–H and O–H groups in total. The molecule has 4 rings (SSSR count). The number of carbonyl (C=O) groups excluding carboxylic acids is 2. The van der Waals surface area contributed by atoms with E-state index in [-0.39, 0.29) is 29.5 Å². The zero-order valence-corrected chi connectivity index (χ0v) is 17.2. The van der Waals surface area contributed by atoms with Crippen molar-refractivity contribution in [2.45, 2.75) is 57.5 Å². The summed E-state index contributed by atoms with van der Waals surface area (Å²) < 4.78 is 13.7. The van der Waals surface area contributed by atoms with Crippen LogP contribution in [0.2, 0.25) is 0 Å². The number of fused-ring (bicyclic) bond motifs is 2. The second-order valence-electron chi connectivity index (χ2n) is 9.87. The van der Waals surface area contributed by atoms with Crippen LogP contribution in [0.5, 0.6) is 0 Å². The molecule has 0 radical (unpaired) electrons. The molecule has 158 valence electrons. The summed E-state index contributed by atoms with van der Waals surface area (Å²) in [6.07, 6.45) is 2.93. The van der Waals surface area contributed by atoms with Gasteiger partial charge < -0.3 is 15.7 Å². The Hall–Kier alpha value is -1.95. The Labute approximate surface area is 171 Å². The zero-order chi connectivity index (χ0) is 21.0. The highest BCUT2D eigenvalue weighted by atomic mass is 19.1. The topological polar surface area (TPSA) is 83.6 Å². The van der Waals surface area contributed by atoms with Crippen LogP contribution < -0.4 is 5.73 Å². The van der Waals surface area contributed by atoms with Crippen molar-refractivity contribution in [2.75, 3.05) is 13.1 Å². The summed E-state index contributed by atoms with van der Waals surface area (Å²) in [5, 5.41) is 9.62. The van der Waals surface area contributed by atoms with Gasteiger partial charge in [0.1, 0.15) is 5.82 Å². The van der Waals surface area contributed by atoms with E-state index in [4.69, 9.17) is 5.73 Å². The van der Waals surface area contributed by atoms with Crippen LogP contribution in [0.1, 0.15) is 51.5 Å². The number of rotatable bonds is 4. The Morgan fingerprint density at radius 3 is 2.41 bits per heavy atom. The molecular weight excluding hydrogens is 371 g/mol. The maximum absolute atomic E-state index is 13.7. The number of benzene rings is 1. The monoisotopic (exact) mass is 402 g/mol. The van der Waals surface area contributed by atoms with Crippen molar-refractivity contribution in [1.82, 2.24) is 4.90 Å². The van der Waals surface area contributed by atoms with E-state index in [1.54, 1.807) is 17.0 Å². The van der Waals surface area contributed by atoms with Crippen LogP contribution in [0.3, 0.4) is 0 Å². The number of likely N-dealkylation sites (tertiary alicyclic amines) is 1. The number of carbonyl (C=O) groups is 2. The third-order valence-electron chi connectivity index (χ3n) is 7.93. The maximum Gasteiger partial charge on any atom is 0.223 e. The minimum atomic E-state index is -0.513. The average molecular weight is 403 g/mol. The van der Waals surface area contributed by atoms with Crippen molar-refractivity contribution in [3.8, 4) is 0 Å². The quantitative estimate of drug-likeness (QED) is 0.812. The summed E-state index contributed by atoms with van der Waals surface area (Å²) in [4.78, 5) is 27.3. The largest absolute Gasteiger partial charge is 0.389 e. The van der Waals surface area contributed by atoms with Crippen LogP contribution in [-0.2, 0) is 15.0 Å². The summed E-state index contributed by atoms with van der Waals surface area (Å²) in [7, 11) is 0. The van der Waals surface area contributed by atoms with Gasteiger partial charge in [0.25, 0.3) is 0 Å². The lowest BCUT2D eigenvalue weighted by Crippen LogP contribution is -2.60. The standard InChI is InChI=1S/C23H31FN2O3/c1-14-7-17-10-22(8-14,21(25)29)9-15(2)23(17,16-3-5-18(24)6-4-16)11-20(28)26-12-19(27)13-26/h3-6,14-15,17,19,27H,7-13H2,1-2H3,(H2,25,29)/t14?,15?,17?,22-,23+/m1/s1. The van der Waals surface area contributed by atoms with Crippen molar-refractivity contribution < 1.29 is 19.1 Å². The number of hydrogen-bond acceptors (Lipinski definition) is 3. The SMILES string of the molecule is CC1CC2C[C@@](C(N)=O)(C1)CC(C)[C@@]2(CC(=O)N1CC(O)C1)c1ccc(F)cc1. The Morgan fingerprint density at radius 2 is 1.83 bits per heavy atom. The second-order valence-corrected chi connectivity index (χ2v) is 9.87. The van der Waals surface area contributed by atoms with Gasteiger partial charge in [0.2, 0.25) is 11.8 Å². The molecule has 1 aliphatic heterocycles. The van der Waals surface area contributed by atoms with Gasteiger partial charge in [-0.1, -0.05) is 26.0 Å². The van der Waals surface area contributed by atoms with Gasteiger partial charge >= 0.3 is 0 Å². The van der Waals surface area contributed by atoms with Gasteiger partial charge in [0.15, 0.2) is 0 Å². The molecule has 2 bridgehead atoms. The van der Waals surface area contributed by atoms with Crippen LogP contribution in [0.4, 0.5) is 4.39 Å². The summed E-state index contributed by atoms with van der Waals surface area (Å²) in [6, 6.07) is 6.54. The molecule has 5 atom stereocenters. The molecule has 3 aliphatic rings. The maximum atomic E-state index is 13.7. The molecule has 2 saturated carbocycles. The summed E-state index contributed by atoms with van der Waals surface area (Å²) in [5.41, 5.74) is 5.88. The van der Waals surface area contributed by atoms with E-state index in [0.29, 0.717) is 38.3 Å².